The van der Waals surface area contributed by atoms with E-state index in [0.717, 1.165) is 13.0 Å². The molecule has 0 bridgehead atoms. The lowest BCUT2D eigenvalue weighted by molar-refractivity contribution is -0.119. The van der Waals surface area contributed by atoms with E-state index in [4.69, 9.17) is 0 Å². The van der Waals surface area contributed by atoms with Crippen molar-refractivity contribution >= 4 is 18.3 Å². The Morgan fingerprint density at radius 2 is 1.83 bits per heavy atom. The normalized spacial score (nSPS) is 26.5. The summed E-state index contributed by atoms with van der Waals surface area (Å²) < 4.78 is 0. The van der Waals surface area contributed by atoms with Crippen molar-refractivity contribution in [2.75, 3.05) is 6.54 Å². The van der Waals surface area contributed by atoms with Crippen molar-refractivity contribution in [2.24, 2.45) is 5.41 Å². The zero-order valence-electron chi connectivity index (χ0n) is 7.27. The van der Waals surface area contributed by atoms with E-state index in [1.54, 1.807) is 0 Å². The standard InChI is InChI=1S/C9H15NO.ClH/c11-8-6-9(7-10-8)4-2-1-3-5-9;/h1-7H2,(H,10,11);1H. The van der Waals surface area contributed by atoms with Crippen LogP contribution in [0.15, 0.2) is 0 Å². The molecule has 0 aromatic carbocycles. The van der Waals surface area contributed by atoms with Gasteiger partial charge in [0.15, 0.2) is 0 Å². The molecular weight excluding hydrogens is 174 g/mol. The Balaban J connectivity index is 0.000000720. The fourth-order valence-electron chi connectivity index (χ4n) is 2.41. The number of carbonyl (C=O) groups is 1. The smallest absolute Gasteiger partial charge is 0.220 e. The molecule has 0 aromatic rings. The molecular formula is C9H16ClNO. The number of carbonyl (C=O) groups excluding carboxylic acids is 1. The predicted octanol–water partition coefficient (Wildman–Crippen LogP) is 1.88. The molecule has 1 amide bonds. The molecule has 1 aliphatic heterocycles. The Hall–Kier alpha value is -0.240. The van der Waals surface area contributed by atoms with Gasteiger partial charge in [0.05, 0.1) is 0 Å². The van der Waals surface area contributed by atoms with E-state index in [1.807, 2.05) is 0 Å². The first-order valence-corrected chi connectivity index (χ1v) is 4.58. The van der Waals surface area contributed by atoms with Crippen molar-refractivity contribution in [2.45, 2.75) is 38.5 Å². The maximum absolute atomic E-state index is 11.0. The minimum absolute atomic E-state index is 0. The van der Waals surface area contributed by atoms with Crippen LogP contribution in [-0.2, 0) is 4.79 Å². The molecule has 0 radical (unpaired) electrons. The molecule has 0 atom stereocenters. The molecule has 1 N–H and O–H groups in total. The lowest BCUT2D eigenvalue weighted by atomic mass is 9.73. The van der Waals surface area contributed by atoms with Gasteiger partial charge in [-0.1, -0.05) is 19.3 Å². The summed E-state index contributed by atoms with van der Waals surface area (Å²) in [6, 6.07) is 0. The van der Waals surface area contributed by atoms with E-state index < -0.39 is 0 Å². The van der Waals surface area contributed by atoms with Gasteiger partial charge in [-0.15, -0.1) is 12.4 Å². The van der Waals surface area contributed by atoms with Crippen molar-refractivity contribution < 1.29 is 4.79 Å². The summed E-state index contributed by atoms with van der Waals surface area (Å²) in [6.07, 6.45) is 7.37. The van der Waals surface area contributed by atoms with Crippen molar-refractivity contribution in [1.82, 2.24) is 5.32 Å². The fourth-order valence-corrected chi connectivity index (χ4v) is 2.41. The molecule has 1 heterocycles. The van der Waals surface area contributed by atoms with Crippen LogP contribution in [0.4, 0.5) is 0 Å². The average molecular weight is 190 g/mol. The molecule has 2 aliphatic rings. The van der Waals surface area contributed by atoms with Gasteiger partial charge in [-0.3, -0.25) is 4.79 Å². The third kappa shape index (κ3) is 1.74. The summed E-state index contributed by atoms with van der Waals surface area (Å²) in [5.74, 6) is 0.270. The van der Waals surface area contributed by atoms with E-state index in [1.165, 1.54) is 32.1 Å². The summed E-state index contributed by atoms with van der Waals surface area (Å²) in [5.41, 5.74) is 0.384. The lowest BCUT2D eigenvalue weighted by Crippen LogP contribution is -2.26. The van der Waals surface area contributed by atoms with Crippen LogP contribution >= 0.6 is 12.4 Å². The second kappa shape index (κ2) is 3.65. The molecule has 3 heteroatoms. The molecule has 70 valence electrons. The number of nitrogens with one attached hydrogen (secondary N) is 1. The topological polar surface area (TPSA) is 29.1 Å². The predicted molar refractivity (Wildman–Crippen MR) is 50.4 cm³/mol. The molecule has 2 fully saturated rings. The van der Waals surface area contributed by atoms with Gasteiger partial charge in [0.25, 0.3) is 0 Å². The quantitative estimate of drug-likeness (QED) is 0.620. The summed E-state index contributed by atoms with van der Waals surface area (Å²) in [6.45, 7) is 0.950. The molecule has 1 saturated carbocycles. The lowest BCUT2D eigenvalue weighted by Gasteiger charge is -2.31. The Kier molecular flexibility index (Phi) is 2.99. The molecule has 2 rings (SSSR count). The molecule has 1 spiro atoms. The van der Waals surface area contributed by atoms with E-state index in [9.17, 15) is 4.79 Å². The summed E-state index contributed by atoms with van der Waals surface area (Å²) in [4.78, 5) is 11.0. The van der Waals surface area contributed by atoms with Crippen LogP contribution < -0.4 is 5.32 Å². The van der Waals surface area contributed by atoms with E-state index in [-0.39, 0.29) is 18.3 Å². The highest BCUT2D eigenvalue weighted by molar-refractivity contribution is 5.85. The van der Waals surface area contributed by atoms with Gasteiger partial charge in [0, 0.05) is 13.0 Å². The highest BCUT2D eigenvalue weighted by Gasteiger charge is 2.38. The zero-order chi connectivity index (χ0) is 7.73. The Morgan fingerprint density at radius 3 is 2.33 bits per heavy atom. The van der Waals surface area contributed by atoms with Crippen LogP contribution in [0.25, 0.3) is 0 Å². The maximum Gasteiger partial charge on any atom is 0.220 e. The number of hydrogen-bond acceptors (Lipinski definition) is 1. The van der Waals surface area contributed by atoms with Crippen LogP contribution in [0.3, 0.4) is 0 Å². The first-order chi connectivity index (χ1) is 5.31. The van der Waals surface area contributed by atoms with Gasteiger partial charge in [0.2, 0.25) is 5.91 Å². The number of halogens is 1. The Bertz CT molecular complexity index is 175. The molecule has 0 aromatic heterocycles. The first-order valence-electron chi connectivity index (χ1n) is 4.58. The Labute approximate surface area is 79.5 Å². The third-order valence-electron chi connectivity index (χ3n) is 3.11. The average Bonchev–Trinajstić information content (AvgIpc) is 2.34. The number of rotatable bonds is 0. The van der Waals surface area contributed by atoms with E-state index in [2.05, 4.69) is 5.32 Å². The van der Waals surface area contributed by atoms with Gasteiger partial charge in [0.1, 0.15) is 0 Å². The first kappa shape index (κ1) is 9.85. The molecule has 1 aliphatic carbocycles. The van der Waals surface area contributed by atoms with Gasteiger partial charge in [-0.2, -0.15) is 0 Å². The van der Waals surface area contributed by atoms with Gasteiger partial charge < -0.3 is 5.32 Å². The number of hydrogen-bond donors (Lipinski definition) is 1. The van der Waals surface area contributed by atoms with E-state index >= 15 is 0 Å². The highest BCUT2D eigenvalue weighted by Crippen LogP contribution is 2.40. The van der Waals surface area contributed by atoms with Crippen molar-refractivity contribution in [1.29, 1.82) is 0 Å². The summed E-state index contributed by atoms with van der Waals surface area (Å²) in [7, 11) is 0. The monoisotopic (exact) mass is 189 g/mol. The molecule has 1 saturated heterocycles. The minimum Gasteiger partial charge on any atom is -0.356 e. The minimum atomic E-state index is 0. The second-order valence-corrected chi connectivity index (χ2v) is 4.01. The van der Waals surface area contributed by atoms with Gasteiger partial charge >= 0.3 is 0 Å². The van der Waals surface area contributed by atoms with Gasteiger partial charge in [-0.05, 0) is 18.3 Å². The second-order valence-electron chi connectivity index (χ2n) is 4.01. The highest BCUT2D eigenvalue weighted by atomic mass is 35.5. The van der Waals surface area contributed by atoms with Crippen molar-refractivity contribution in [3.8, 4) is 0 Å². The molecule has 0 unspecified atom stereocenters. The summed E-state index contributed by atoms with van der Waals surface area (Å²) >= 11 is 0. The number of amides is 1. The summed E-state index contributed by atoms with van der Waals surface area (Å²) in [5, 5.41) is 2.94. The Morgan fingerprint density at radius 1 is 1.17 bits per heavy atom. The van der Waals surface area contributed by atoms with Crippen LogP contribution in [0, 0.1) is 5.41 Å². The van der Waals surface area contributed by atoms with Crippen LogP contribution in [0.5, 0.6) is 0 Å². The van der Waals surface area contributed by atoms with E-state index in [0.29, 0.717) is 5.41 Å². The third-order valence-corrected chi connectivity index (χ3v) is 3.11. The molecule has 2 nitrogen and oxygen atoms in total. The van der Waals surface area contributed by atoms with Crippen molar-refractivity contribution in [3.63, 3.8) is 0 Å². The fraction of sp³-hybridized carbons (Fsp3) is 0.889. The van der Waals surface area contributed by atoms with Gasteiger partial charge in [-0.25, -0.2) is 0 Å². The van der Waals surface area contributed by atoms with Crippen LogP contribution in [-0.4, -0.2) is 12.5 Å². The molecule has 12 heavy (non-hydrogen) atoms. The maximum atomic E-state index is 11.0. The van der Waals surface area contributed by atoms with Crippen molar-refractivity contribution in [3.05, 3.63) is 0 Å². The SMILES string of the molecule is Cl.O=C1CC2(CCCCC2)CN1. The van der Waals surface area contributed by atoms with Crippen LogP contribution in [0.2, 0.25) is 0 Å². The largest absolute Gasteiger partial charge is 0.356 e. The zero-order valence-corrected chi connectivity index (χ0v) is 8.08. The van der Waals surface area contributed by atoms with Crippen LogP contribution in [0.1, 0.15) is 38.5 Å².